The molecule has 4 nitrogen and oxygen atoms in total. The maximum atomic E-state index is 12.7. The van der Waals surface area contributed by atoms with Crippen molar-refractivity contribution in [3.63, 3.8) is 0 Å². The van der Waals surface area contributed by atoms with Gasteiger partial charge < -0.3 is 15.0 Å². The van der Waals surface area contributed by atoms with Gasteiger partial charge in [-0.2, -0.15) is 0 Å². The number of piperidine rings is 1. The van der Waals surface area contributed by atoms with E-state index in [2.05, 4.69) is 10.2 Å². The molecule has 0 aromatic heterocycles. The molecule has 0 aromatic rings. The first-order chi connectivity index (χ1) is 10.3. The third-order valence-corrected chi connectivity index (χ3v) is 6.84. The van der Waals surface area contributed by atoms with E-state index in [0.29, 0.717) is 48.0 Å². The van der Waals surface area contributed by atoms with Crippen LogP contribution >= 0.6 is 0 Å². The summed E-state index contributed by atoms with van der Waals surface area (Å²) in [6.07, 6.45) is 9.27. The van der Waals surface area contributed by atoms with E-state index in [9.17, 15) is 4.79 Å². The van der Waals surface area contributed by atoms with Crippen LogP contribution in [0.15, 0.2) is 0 Å². The number of carbonyl (C=O) groups is 1. The third-order valence-electron chi connectivity index (χ3n) is 6.84. The summed E-state index contributed by atoms with van der Waals surface area (Å²) in [5, 5.41) is 3.67. The standard InChI is InChI=1S/C17H26N2O2/c20-17(7-10-5-11-1-2-12(6-10)18-11)19-8-13-14(9-19)16-4-3-15(13)21-16/h10-16,18H,1-9H2. The Bertz CT molecular complexity index is 424. The van der Waals surface area contributed by atoms with Gasteiger partial charge in [-0.15, -0.1) is 0 Å². The molecule has 4 bridgehead atoms. The van der Waals surface area contributed by atoms with Crippen molar-refractivity contribution < 1.29 is 9.53 Å². The largest absolute Gasteiger partial charge is 0.374 e. The van der Waals surface area contributed by atoms with Gasteiger partial charge in [0.15, 0.2) is 0 Å². The molecule has 5 fully saturated rings. The Morgan fingerprint density at radius 1 is 1.00 bits per heavy atom. The van der Waals surface area contributed by atoms with Crippen molar-refractivity contribution in [3.05, 3.63) is 0 Å². The average molecular weight is 290 g/mol. The molecule has 1 N–H and O–H groups in total. The zero-order valence-electron chi connectivity index (χ0n) is 12.7. The van der Waals surface area contributed by atoms with Crippen molar-refractivity contribution in [3.8, 4) is 0 Å². The van der Waals surface area contributed by atoms with Gasteiger partial charge in [-0.25, -0.2) is 0 Å². The van der Waals surface area contributed by atoms with E-state index >= 15 is 0 Å². The first-order valence-electron chi connectivity index (χ1n) is 8.95. The van der Waals surface area contributed by atoms with Crippen LogP contribution in [0.2, 0.25) is 0 Å². The molecular formula is C17H26N2O2. The molecule has 5 heterocycles. The van der Waals surface area contributed by atoms with Crippen LogP contribution in [0.4, 0.5) is 0 Å². The van der Waals surface area contributed by atoms with E-state index in [1.54, 1.807) is 0 Å². The minimum Gasteiger partial charge on any atom is -0.374 e. The second kappa shape index (κ2) is 4.69. The summed E-state index contributed by atoms with van der Waals surface area (Å²) >= 11 is 0. The van der Waals surface area contributed by atoms with Gasteiger partial charge in [0, 0.05) is 43.4 Å². The van der Waals surface area contributed by atoms with Gasteiger partial charge in [0.2, 0.25) is 5.91 Å². The van der Waals surface area contributed by atoms with E-state index in [1.807, 2.05) is 0 Å². The highest BCUT2D eigenvalue weighted by molar-refractivity contribution is 5.77. The van der Waals surface area contributed by atoms with E-state index in [-0.39, 0.29) is 0 Å². The van der Waals surface area contributed by atoms with Gasteiger partial charge in [0.25, 0.3) is 0 Å². The summed E-state index contributed by atoms with van der Waals surface area (Å²) in [6.45, 7) is 1.95. The molecule has 0 saturated carbocycles. The zero-order chi connectivity index (χ0) is 14.0. The molecule has 5 rings (SSSR count). The summed E-state index contributed by atoms with van der Waals surface area (Å²) in [6, 6.07) is 1.40. The number of likely N-dealkylation sites (tertiary alicyclic amines) is 1. The van der Waals surface area contributed by atoms with Gasteiger partial charge in [0.1, 0.15) is 0 Å². The van der Waals surface area contributed by atoms with Gasteiger partial charge in [-0.05, 0) is 44.4 Å². The molecule has 5 saturated heterocycles. The molecule has 116 valence electrons. The summed E-state index contributed by atoms with van der Waals surface area (Å²) in [5.74, 6) is 2.36. The molecule has 0 radical (unpaired) electrons. The second-order valence-corrected chi connectivity index (χ2v) is 8.10. The lowest BCUT2D eigenvalue weighted by molar-refractivity contribution is -0.132. The number of nitrogens with zero attached hydrogens (tertiary/aromatic N) is 1. The molecule has 21 heavy (non-hydrogen) atoms. The van der Waals surface area contributed by atoms with Gasteiger partial charge in [-0.1, -0.05) is 0 Å². The molecule has 1 amide bonds. The van der Waals surface area contributed by atoms with Crippen LogP contribution < -0.4 is 5.32 Å². The number of hydrogen-bond acceptors (Lipinski definition) is 3. The summed E-state index contributed by atoms with van der Waals surface area (Å²) in [4.78, 5) is 14.9. The lowest BCUT2D eigenvalue weighted by Gasteiger charge is -2.30. The Kier molecular flexibility index (Phi) is 2.88. The van der Waals surface area contributed by atoms with Crippen LogP contribution in [0.5, 0.6) is 0 Å². The fraction of sp³-hybridized carbons (Fsp3) is 0.941. The van der Waals surface area contributed by atoms with Crippen LogP contribution in [-0.4, -0.2) is 48.2 Å². The van der Waals surface area contributed by atoms with Crippen molar-refractivity contribution >= 4 is 5.91 Å². The Morgan fingerprint density at radius 3 is 2.24 bits per heavy atom. The highest BCUT2D eigenvalue weighted by Crippen LogP contribution is 2.47. The van der Waals surface area contributed by atoms with Crippen molar-refractivity contribution in [1.82, 2.24) is 10.2 Å². The lowest BCUT2D eigenvalue weighted by Crippen LogP contribution is -2.40. The van der Waals surface area contributed by atoms with Crippen LogP contribution in [0, 0.1) is 17.8 Å². The maximum absolute atomic E-state index is 12.7. The zero-order valence-corrected chi connectivity index (χ0v) is 12.7. The van der Waals surface area contributed by atoms with E-state index in [1.165, 1.54) is 38.5 Å². The topological polar surface area (TPSA) is 41.6 Å². The van der Waals surface area contributed by atoms with Crippen molar-refractivity contribution in [2.24, 2.45) is 17.8 Å². The summed E-state index contributed by atoms with van der Waals surface area (Å²) < 4.78 is 6.01. The Morgan fingerprint density at radius 2 is 1.62 bits per heavy atom. The third kappa shape index (κ3) is 2.06. The number of ether oxygens (including phenoxy) is 1. The first-order valence-corrected chi connectivity index (χ1v) is 8.95. The summed E-state index contributed by atoms with van der Waals surface area (Å²) in [7, 11) is 0. The lowest BCUT2D eigenvalue weighted by atomic mass is 9.82. The molecule has 6 unspecified atom stereocenters. The van der Waals surface area contributed by atoms with E-state index in [4.69, 9.17) is 4.74 Å². The van der Waals surface area contributed by atoms with Crippen molar-refractivity contribution in [2.45, 2.75) is 69.2 Å². The highest BCUT2D eigenvalue weighted by Gasteiger charge is 2.53. The molecular weight excluding hydrogens is 264 g/mol. The Balaban J connectivity index is 1.20. The van der Waals surface area contributed by atoms with Crippen LogP contribution in [-0.2, 0) is 9.53 Å². The fourth-order valence-corrected chi connectivity index (χ4v) is 5.88. The first kappa shape index (κ1) is 12.9. The number of rotatable bonds is 2. The monoisotopic (exact) mass is 290 g/mol. The average Bonchev–Trinajstić information content (AvgIpc) is 3.19. The predicted octanol–water partition coefficient (Wildman–Crippen LogP) is 1.54. The predicted molar refractivity (Wildman–Crippen MR) is 78.7 cm³/mol. The smallest absolute Gasteiger partial charge is 0.222 e. The molecule has 0 aromatic carbocycles. The number of nitrogens with one attached hydrogen (secondary N) is 1. The van der Waals surface area contributed by atoms with Gasteiger partial charge in [-0.3, -0.25) is 4.79 Å². The molecule has 0 aliphatic carbocycles. The molecule has 6 atom stereocenters. The number of hydrogen-bond donors (Lipinski definition) is 1. The number of fused-ring (bicyclic) bond motifs is 7. The quantitative estimate of drug-likeness (QED) is 0.839. The molecule has 5 aliphatic rings. The second-order valence-electron chi connectivity index (χ2n) is 8.10. The Hall–Kier alpha value is -0.610. The van der Waals surface area contributed by atoms with Crippen molar-refractivity contribution in [1.29, 1.82) is 0 Å². The fourth-order valence-electron chi connectivity index (χ4n) is 5.88. The van der Waals surface area contributed by atoms with E-state index in [0.717, 1.165) is 19.5 Å². The normalized spacial score (nSPS) is 50.7. The van der Waals surface area contributed by atoms with Crippen LogP contribution in [0.3, 0.4) is 0 Å². The molecule has 0 spiro atoms. The van der Waals surface area contributed by atoms with Crippen molar-refractivity contribution in [2.75, 3.05) is 13.1 Å². The van der Waals surface area contributed by atoms with Gasteiger partial charge >= 0.3 is 0 Å². The van der Waals surface area contributed by atoms with Crippen LogP contribution in [0.25, 0.3) is 0 Å². The SMILES string of the molecule is O=C(CC1CC2CCC(C1)N2)N1CC2C3CCC(O3)C2C1. The highest BCUT2D eigenvalue weighted by atomic mass is 16.5. The Labute approximate surface area is 126 Å². The minimum absolute atomic E-state index is 0.426. The van der Waals surface area contributed by atoms with E-state index < -0.39 is 0 Å². The molecule has 5 aliphatic heterocycles. The minimum atomic E-state index is 0.426. The number of carbonyl (C=O) groups excluding carboxylic acids is 1. The maximum Gasteiger partial charge on any atom is 0.222 e. The van der Waals surface area contributed by atoms with Crippen LogP contribution in [0.1, 0.15) is 44.9 Å². The molecule has 4 heteroatoms. The van der Waals surface area contributed by atoms with Gasteiger partial charge in [0.05, 0.1) is 12.2 Å². The number of amides is 1. The summed E-state index contributed by atoms with van der Waals surface area (Å²) in [5.41, 5.74) is 0.